The molecule has 0 atom stereocenters. The van der Waals surface area contributed by atoms with Gasteiger partial charge in [0.2, 0.25) is 0 Å². The van der Waals surface area contributed by atoms with E-state index in [0.29, 0.717) is 28.4 Å². The summed E-state index contributed by atoms with van der Waals surface area (Å²) in [4.78, 5) is 16.6. The number of hydrogen-bond donors (Lipinski definition) is 1. The highest BCUT2D eigenvalue weighted by Crippen LogP contribution is 2.30. The maximum atomic E-state index is 13.5. The Balaban J connectivity index is 1.43. The summed E-state index contributed by atoms with van der Waals surface area (Å²) in [5, 5.41) is 7.13. The Morgan fingerprint density at radius 2 is 2.03 bits per heavy atom. The lowest BCUT2D eigenvalue weighted by molar-refractivity contribution is 0.152. The molecule has 0 saturated heterocycles. The van der Waals surface area contributed by atoms with E-state index in [2.05, 4.69) is 15.4 Å². The van der Waals surface area contributed by atoms with Gasteiger partial charge in [0.25, 0.3) is 0 Å². The molecule has 2 aromatic heterocycles. The molecule has 0 saturated carbocycles. The van der Waals surface area contributed by atoms with Crippen LogP contribution in [0.2, 0.25) is 0 Å². The van der Waals surface area contributed by atoms with Crippen LogP contribution < -0.4 is 10.1 Å². The summed E-state index contributed by atoms with van der Waals surface area (Å²) >= 11 is 0. The Kier molecular flexibility index (Phi) is 5.57. The molecule has 4 rings (SSSR count). The van der Waals surface area contributed by atoms with E-state index >= 15 is 0 Å². The lowest BCUT2D eigenvalue weighted by Gasteiger charge is -2.07. The van der Waals surface area contributed by atoms with Gasteiger partial charge < -0.3 is 14.0 Å². The Morgan fingerprint density at radius 3 is 2.81 bits per heavy atom. The Hall–Kier alpha value is -3.88. The van der Waals surface area contributed by atoms with Gasteiger partial charge in [-0.1, -0.05) is 0 Å². The van der Waals surface area contributed by atoms with Crippen molar-refractivity contribution in [1.82, 2.24) is 19.3 Å². The molecule has 9 heteroatoms. The minimum absolute atomic E-state index is 0.0194. The van der Waals surface area contributed by atoms with Gasteiger partial charge in [0, 0.05) is 30.9 Å². The van der Waals surface area contributed by atoms with Crippen LogP contribution in [0.4, 0.5) is 14.9 Å². The van der Waals surface area contributed by atoms with Crippen LogP contribution in [0.15, 0.2) is 48.8 Å². The van der Waals surface area contributed by atoms with E-state index in [1.807, 2.05) is 17.6 Å². The van der Waals surface area contributed by atoms with Crippen molar-refractivity contribution in [3.05, 3.63) is 60.3 Å². The number of imidazole rings is 1. The lowest BCUT2D eigenvalue weighted by atomic mass is 10.1. The highest BCUT2D eigenvalue weighted by atomic mass is 19.1. The number of ether oxygens (including phenoxy) is 2. The molecule has 0 spiro atoms. The largest absolute Gasteiger partial charge is 0.496 e. The average Bonchev–Trinajstić information content (AvgIpc) is 3.34. The summed E-state index contributed by atoms with van der Waals surface area (Å²) in [7, 11) is 3.22. The summed E-state index contributed by atoms with van der Waals surface area (Å²) in [5.74, 6) is -0.0133. The van der Waals surface area contributed by atoms with Crippen molar-refractivity contribution in [2.24, 2.45) is 7.05 Å². The van der Waals surface area contributed by atoms with Crippen LogP contribution >= 0.6 is 0 Å². The Bertz CT molecular complexity index is 1250. The molecule has 8 nitrogen and oxygen atoms in total. The summed E-state index contributed by atoms with van der Waals surface area (Å²) in [5.41, 5.74) is 4.31. The van der Waals surface area contributed by atoms with E-state index < -0.39 is 11.9 Å². The Labute approximate surface area is 178 Å². The molecule has 2 heterocycles. The van der Waals surface area contributed by atoms with E-state index in [-0.39, 0.29) is 6.61 Å². The van der Waals surface area contributed by atoms with Crippen LogP contribution in [-0.4, -0.2) is 32.5 Å². The molecule has 0 bridgehead atoms. The number of carbonyl (C=O) groups excluding carboxylic acids is 1. The predicted octanol–water partition coefficient (Wildman–Crippen LogP) is 4.35. The number of amides is 1. The van der Waals surface area contributed by atoms with Crippen molar-refractivity contribution in [2.75, 3.05) is 12.4 Å². The van der Waals surface area contributed by atoms with Gasteiger partial charge in [0.1, 0.15) is 18.2 Å². The minimum atomic E-state index is -0.587. The first kappa shape index (κ1) is 20.4. The highest BCUT2D eigenvalue weighted by molar-refractivity contribution is 5.88. The van der Waals surface area contributed by atoms with Crippen molar-refractivity contribution in [2.45, 2.75) is 20.1 Å². The number of aromatic nitrogens is 4. The molecule has 0 radical (unpaired) electrons. The number of nitrogens with zero attached hydrogens (tertiary/aromatic N) is 4. The van der Waals surface area contributed by atoms with Crippen LogP contribution in [0.3, 0.4) is 0 Å². The first-order valence-corrected chi connectivity index (χ1v) is 9.74. The zero-order valence-corrected chi connectivity index (χ0v) is 17.4. The average molecular weight is 423 g/mol. The van der Waals surface area contributed by atoms with Gasteiger partial charge >= 0.3 is 6.09 Å². The fourth-order valence-corrected chi connectivity index (χ4v) is 3.34. The fraction of sp³-hybridized carbons (Fsp3) is 0.227. The van der Waals surface area contributed by atoms with E-state index in [1.165, 1.54) is 19.2 Å². The lowest BCUT2D eigenvalue weighted by Crippen LogP contribution is -2.14. The van der Waals surface area contributed by atoms with Gasteiger partial charge in [-0.05, 0) is 43.3 Å². The van der Waals surface area contributed by atoms with Crippen molar-refractivity contribution in [3.8, 4) is 17.0 Å². The first-order chi connectivity index (χ1) is 15.0. The van der Waals surface area contributed by atoms with E-state index in [9.17, 15) is 9.18 Å². The molecule has 1 amide bonds. The molecule has 0 aliphatic rings. The number of hydrogen-bond acceptors (Lipinski definition) is 5. The zero-order valence-electron chi connectivity index (χ0n) is 17.4. The first-order valence-electron chi connectivity index (χ1n) is 9.74. The minimum Gasteiger partial charge on any atom is -0.496 e. The maximum Gasteiger partial charge on any atom is 0.412 e. The SMILES string of the molecule is CCn1cnc2cc(NC(=O)OCc3cc(-c4ccc(F)cc4OC)nn3C)ccc21. The van der Waals surface area contributed by atoms with E-state index in [1.54, 1.807) is 42.3 Å². The van der Waals surface area contributed by atoms with Crippen molar-refractivity contribution in [1.29, 1.82) is 0 Å². The van der Waals surface area contributed by atoms with Crippen molar-refractivity contribution >= 4 is 22.8 Å². The fourth-order valence-electron chi connectivity index (χ4n) is 3.34. The normalized spacial score (nSPS) is 11.0. The molecule has 0 aliphatic carbocycles. The van der Waals surface area contributed by atoms with Crippen LogP contribution in [0.25, 0.3) is 22.3 Å². The number of methoxy groups -OCH3 is 1. The van der Waals surface area contributed by atoms with Crippen LogP contribution in [0, 0.1) is 5.82 Å². The maximum absolute atomic E-state index is 13.5. The predicted molar refractivity (Wildman–Crippen MR) is 114 cm³/mol. The third-order valence-corrected chi connectivity index (χ3v) is 4.98. The molecular formula is C22H22FN5O3. The number of rotatable bonds is 6. The van der Waals surface area contributed by atoms with Gasteiger partial charge in [-0.25, -0.2) is 14.2 Å². The van der Waals surface area contributed by atoms with E-state index in [0.717, 1.165) is 17.6 Å². The molecule has 0 fully saturated rings. The molecule has 31 heavy (non-hydrogen) atoms. The van der Waals surface area contributed by atoms with Crippen molar-refractivity contribution < 1.29 is 18.7 Å². The standard InChI is InChI=1S/C22H22FN5O3/c1-4-28-13-24-19-10-15(6-8-20(19)28)25-22(29)31-12-16-11-18(26-27(16)2)17-7-5-14(23)9-21(17)30-3/h5-11,13H,4,12H2,1-3H3,(H,25,29). The smallest absolute Gasteiger partial charge is 0.412 e. The number of nitrogens with one attached hydrogen (secondary N) is 1. The second-order valence-electron chi connectivity index (χ2n) is 6.92. The highest BCUT2D eigenvalue weighted by Gasteiger charge is 2.14. The number of anilines is 1. The number of halogens is 1. The summed E-state index contributed by atoms with van der Waals surface area (Å²) in [6.45, 7) is 2.88. The van der Waals surface area contributed by atoms with Crippen LogP contribution in [-0.2, 0) is 24.9 Å². The number of benzene rings is 2. The molecule has 0 aliphatic heterocycles. The summed E-state index contributed by atoms with van der Waals surface area (Å²) < 4.78 is 27.7. The van der Waals surface area contributed by atoms with Gasteiger partial charge in [0.15, 0.2) is 0 Å². The topological polar surface area (TPSA) is 83.2 Å². The number of fused-ring (bicyclic) bond motifs is 1. The third-order valence-electron chi connectivity index (χ3n) is 4.98. The molecule has 2 aromatic carbocycles. The van der Waals surface area contributed by atoms with Gasteiger partial charge in [-0.3, -0.25) is 10.00 Å². The van der Waals surface area contributed by atoms with Crippen LogP contribution in [0.1, 0.15) is 12.6 Å². The van der Waals surface area contributed by atoms with Crippen LogP contribution in [0.5, 0.6) is 5.75 Å². The third kappa shape index (κ3) is 4.20. The molecule has 1 N–H and O–H groups in total. The van der Waals surface area contributed by atoms with Gasteiger partial charge in [-0.2, -0.15) is 5.10 Å². The second-order valence-corrected chi connectivity index (χ2v) is 6.92. The Morgan fingerprint density at radius 1 is 1.19 bits per heavy atom. The molecule has 4 aromatic rings. The number of aryl methyl sites for hydroxylation is 2. The molecule has 160 valence electrons. The van der Waals surface area contributed by atoms with E-state index in [4.69, 9.17) is 9.47 Å². The zero-order chi connectivity index (χ0) is 22.0. The summed E-state index contributed by atoms with van der Waals surface area (Å²) in [6.07, 6.45) is 1.18. The summed E-state index contributed by atoms with van der Waals surface area (Å²) in [6, 6.07) is 11.5. The molecular weight excluding hydrogens is 401 g/mol. The quantitative estimate of drug-likeness (QED) is 0.498. The van der Waals surface area contributed by atoms with Crippen molar-refractivity contribution in [3.63, 3.8) is 0 Å². The second kappa shape index (κ2) is 8.47. The number of carbonyl (C=O) groups is 1. The van der Waals surface area contributed by atoms with Gasteiger partial charge in [-0.15, -0.1) is 0 Å². The molecule has 0 unspecified atom stereocenters. The monoisotopic (exact) mass is 423 g/mol. The van der Waals surface area contributed by atoms with Gasteiger partial charge in [0.05, 0.1) is 35.9 Å².